The fourth-order valence-corrected chi connectivity index (χ4v) is 3.89. The fourth-order valence-electron chi connectivity index (χ4n) is 3.89. The van der Waals surface area contributed by atoms with Crippen molar-refractivity contribution in [3.63, 3.8) is 0 Å². The number of benzene rings is 1. The summed E-state index contributed by atoms with van der Waals surface area (Å²) >= 11 is 0. The van der Waals surface area contributed by atoms with Gasteiger partial charge in [0.25, 0.3) is 0 Å². The highest BCUT2D eigenvalue weighted by Gasteiger charge is 2.24. The molecule has 25 heavy (non-hydrogen) atoms. The van der Waals surface area contributed by atoms with Crippen molar-refractivity contribution in [1.29, 1.82) is 0 Å². The van der Waals surface area contributed by atoms with E-state index in [-0.39, 0.29) is 5.91 Å². The molecule has 1 amide bonds. The number of aromatic nitrogens is 2. The summed E-state index contributed by atoms with van der Waals surface area (Å²) in [4.78, 5) is 19.4. The number of hydrogen-bond donors (Lipinski definition) is 1. The second kappa shape index (κ2) is 8.00. The van der Waals surface area contributed by atoms with Gasteiger partial charge in [-0.1, -0.05) is 31.4 Å². The van der Waals surface area contributed by atoms with Crippen LogP contribution < -0.4 is 0 Å². The third kappa shape index (κ3) is 4.03. The lowest BCUT2D eigenvalue weighted by molar-refractivity contribution is -0.132. The van der Waals surface area contributed by atoms with Crippen molar-refractivity contribution >= 4 is 16.9 Å². The minimum Gasteiger partial charge on any atom is -0.392 e. The Bertz CT molecular complexity index is 717. The lowest BCUT2D eigenvalue weighted by atomic mass is 9.88. The molecule has 0 bridgehead atoms. The van der Waals surface area contributed by atoms with Crippen molar-refractivity contribution < 1.29 is 9.90 Å². The molecule has 0 aliphatic heterocycles. The molecular formula is C20H29N3O2. The van der Waals surface area contributed by atoms with Crippen LogP contribution in [0.4, 0.5) is 0 Å². The summed E-state index contributed by atoms with van der Waals surface area (Å²) < 4.78 is 2.11. The van der Waals surface area contributed by atoms with Crippen molar-refractivity contribution in [1.82, 2.24) is 14.5 Å². The smallest absolute Gasteiger partial charge is 0.242 e. The van der Waals surface area contributed by atoms with E-state index in [1.54, 1.807) is 11.8 Å². The van der Waals surface area contributed by atoms with E-state index < -0.39 is 6.10 Å². The minimum absolute atomic E-state index is 0.0450. The monoisotopic (exact) mass is 343 g/mol. The molecule has 1 aliphatic rings. The molecule has 1 aromatic carbocycles. The zero-order valence-electron chi connectivity index (χ0n) is 15.3. The zero-order chi connectivity index (χ0) is 17.8. The highest BCUT2D eigenvalue weighted by Crippen LogP contribution is 2.33. The van der Waals surface area contributed by atoms with Gasteiger partial charge in [-0.3, -0.25) is 4.79 Å². The Morgan fingerprint density at radius 2 is 2.04 bits per heavy atom. The number of imidazole rings is 1. The van der Waals surface area contributed by atoms with Crippen molar-refractivity contribution in [2.75, 3.05) is 13.1 Å². The molecule has 1 N–H and O–H groups in total. The fraction of sp³-hybridized carbons (Fsp3) is 0.600. The van der Waals surface area contributed by atoms with Crippen molar-refractivity contribution in [2.24, 2.45) is 0 Å². The van der Waals surface area contributed by atoms with Gasteiger partial charge in [-0.2, -0.15) is 0 Å². The molecule has 1 aliphatic carbocycles. The van der Waals surface area contributed by atoms with Crippen LogP contribution in [0, 0.1) is 0 Å². The number of para-hydroxylation sites is 2. The van der Waals surface area contributed by atoms with Crippen molar-refractivity contribution in [3.8, 4) is 0 Å². The first-order valence-corrected chi connectivity index (χ1v) is 9.51. The third-order valence-corrected chi connectivity index (χ3v) is 5.17. The second-order valence-corrected chi connectivity index (χ2v) is 7.16. The van der Waals surface area contributed by atoms with Gasteiger partial charge in [0.05, 0.1) is 17.1 Å². The summed E-state index contributed by atoms with van der Waals surface area (Å²) in [6.45, 7) is 4.95. The summed E-state index contributed by atoms with van der Waals surface area (Å²) in [5, 5.41) is 9.65. The van der Waals surface area contributed by atoms with Gasteiger partial charge in [0, 0.05) is 19.0 Å². The number of fused-ring (bicyclic) bond motifs is 1. The Morgan fingerprint density at radius 3 is 2.72 bits per heavy atom. The lowest BCUT2D eigenvalue weighted by Gasteiger charge is -2.25. The number of hydrogen-bond acceptors (Lipinski definition) is 3. The van der Waals surface area contributed by atoms with Gasteiger partial charge in [0.15, 0.2) is 0 Å². The van der Waals surface area contributed by atoms with E-state index >= 15 is 0 Å². The Hall–Kier alpha value is -1.88. The number of nitrogens with zero attached hydrogens (tertiary/aromatic N) is 3. The molecule has 136 valence electrons. The van der Waals surface area contributed by atoms with E-state index in [0.717, 1.165) is 29.7 Å². The molecule has 2 aromatic rings. The third-order valence-electron chi connectivity index (χ3n) is 5.17. The molecule has 3 rings (SSSR count). The van der Waals surface area contributed by atoms with E-state index in [0.29, 0.717) is 25.6 Å². The van der Waals surface area contributed by atoms with Crippen LogP contribution in [0.15, 0.2) is 24.3 Å². The van der Waals surface area contributed by atoms with Crippen LogP contribution in [0.5, 0.6) is 0 Å². The van der Waals surface area contributed by atoms with Crippen molar-refractivity contribution in [3.05, 3.63) is 30.1 Å². The van der Waals surface area contributed by atoms with E-state index in [1.807, 2.05) is 31.2 Å². The molecule has 5 nitrogen and oxygen atoms in total. The quantitative estimate of drug-likeness (QED) is 0.875. The summed E-state index contributed by atoms with van der Waals surface area (Å²) in [6, 6.07) is 8.07. The largest absolute Gasteiger partial charge is 0.392 e. The number of aliphatic hydroxyl groups is 1. The number of rotatable bonds is 6. The standard InChI is InChI=1S/C20H29N3O2/c1-3-22(13-15(2)24)19(25)14-23-18-12-8-7-11-17(18)21-20(23)16-9-5-4-6-10-16/h7-8,11-12,15-16,24H,3-6,9-10,13-14H2,1-2H3/t15-/m0/s1. The molecule has 0 saturated heterocycles. The molecular weight excluding hydrogens is 314 g/mol. The van der Waals surface area contributed by atoms with Gasteiger partial charge in [-0.15, -0.1) is 0 Å². The van der Waals surface area contributed by atoms with Crippen LogP contribution >= 0.6 is 0 Å². The molecule has 0 unspecified atom stereocenters. The van der Waals surface area contributed by atoms with Crippen LogP contribution in [0.25, 0.3) is 11.0 Å². The first-order chi connectivity index (χ1) is 12.1. The van der Waals surface area contributed by atoms with E-state index in [4.69, 9.17) is 4.98 Å². The van der Waals surface area contributed by atoms with Crippen LogP contribution in [-0.4, -0.2) is 44.7 Å². The average molecular weight is 343 g/mol. The molecule has 5 heteroatoms. The van der Waals surface area contributed by atoms with E-state index in [9.17, 15) is 9.90 Å². The van der Waals surface area contributed by atoms with Gasteiger partial charge in [0.2, 0.25) is 5.91 Å². The molecule has 1 aromatic heterocycles. The number of likely N-dealkylation sites (N-methyl/N-ethyl adjacent to an activating group) is 1. The van der Waals surface area contributed by atoms with Crippen LogP contribution in [0.2, 0.25) is 0 Å². The molecule has 0 radical (unpaired) electrons. The van der Waals surface area contributed by atoms with Gasteiger partial charge in [0.1, 0.15) is 12.4 Å². The topological polar surface area (TPSA) is 58.4 Å². The molecule has 1 atom stereocenters. The normalized spacial score (nSPS) is 16.9. The van der Waals surface area contributed by atoms with Gasteiger partial charge < -0.3 is 14.6 Å². The Labute approximate surface area is 149 Å². The Morgan fingerprint density at radius 1 is 1.32 bits per heavy atom. The van der Waals surface area contributed by atoms with E-state index in [1.165, 1.54) is 19.3 Å². The van der Waals surface area contributed by atoms with Crippen LogP contribution in [0.3, 0.4) is 0 Å². The maximum absolute atomic E-state index is 12.8. The summed E-state index contributed by atoms with van der Waals surface area (Å²) in [6.07, 6.45) is 5.58. The maximum Gasteiger partial charge on any atom is 0.242 e. The summed E-state index contributed by atoms with van der Waals surface area (Å²) in [5.74, 6) is 1.55. The lowest BCUT2D eigenvalue weighted by Crippen LogP contribution is -2.38. The number of carbonyl (C=O) groups excluding carboxylic acids is 1. The average Bonchev–Trinajstić information content (AvgIpc) is 2.99. The van der Waals surface area contributed by atoms with Gasteiger partial charge in [-0.05, 0) is 38.8 Å². The summed E-state index contributed by atoms with van der Waals surface area (Å²) in [5.41, 5.74) is 2.00. The Kier molecular flexibility index (Phi) is 5.74. The zero-order valence-corrected chi connectivity index (χ0v) is 15.3. The molecule has 1 heterocycles. The minimum atomic E-state index is -0.513. The molecule has 0 spiro atoms. The predicted octanol–water partition coefficient (Wildman–Crippen LogP) is 3.31. The second-order valence-electron chi connectivity index (χ2n) is 7.16. The maximum atomic E-state index is 12.8. The van der Waals surface area contributed by atoms with Gasteiger partial charge in [-0.25, -0.2) is 4.98 Å². The Balaban J connectivity index is 1.91. The van der Waals surface area contributed by atoms with Crippen molar-refractivity contribution in [2.45, 2.75) is 64.5 Å². The predicted molar refractivity (Wildman–Crippen MR) is 99.5 cm³/mol. The number of amides is 1. The first-order valence-electron chi connectivity index (χ1n) is 9.51. The highest BCUT2D eigenvalue weighted by molar-refractivity contribution is 5.81. The van der Waals surface area contributed by atoms with Crippen LogP contribution in [0.1, 0.15) is 57.7 Å². The van der Waals surface area contributed by atoms with Gasteiger partial charge >= 0.3 is 0 Å². The SMILES string of the molecule is CCN(C[C@H](C)O)C(=O)Cn1c(C2CCCCC2)nc2ccccc21. The van der Waals surface area contributed by atoms with Crippen LogP contribution in [-0.2, 0) is 11.3 Å². The molecule has 1 fully saturated rings. The first kappa shape index (κ1) is 17.9. The van der Waals surface area contributed by atoms with E-state index in [2.05, 4.69) is 4.57 Å². The summed E-state index contributed by atoms with van der Waals surface area (Å²) in [7, 11) is 0. The number of carbonyl (C=O) groups is 1. The highest BCUT2D eigenvalue weighted by atomic mass is 16.3. The number of aliphatic hydroxyl groups excluding tert-OH is 1. The molecule has 1 saturated carbocycles.